The molecule has 0 bridgehead atoms. The first-order chi connectivity index (χ1) is 32.0. The molecule has 13 aromatic rings. The predicted octanol–water partition coefficient (Wildman–Crippen LogP) is 13.7. The summed E-state index contributed by atoms with van der Waals surface area (Å²) >= 11 is 0. The van der Waals surface area contributed by atoms with E-state index in [-0.39, 0.29) is 12.1 Å². The van der Waals surface area contributed by atoms with E-state index >= 15 is 0 Å². The zero-order chi connectivity index (χ0) is 42.4. The number of rotatable bonds is 1. The standard InChI is InChI=1S/C61H38BN3/c1-61(2)44-23-11-13-25-48(44)63(49-26-14-12-24-45(49)61)39-33-52-58-53(34-39)65-51-30-28-36-16-4-8-20-41(36)55(51)57-43-22-10-6-18-38(43)32-47(60(57)65)62(58)46-31-37-17-5-9-21-42(37)56-54-40-19-7-3-15-35(40)27-29-50(54)64(52)59(46)56/h3-34H,1-2H3. The van der Waals surface area contributed by atoms with Crippen molar-refractivity contribution in [1.29, 1.82) is 0 Å². The average Bonchev–Trinajstić information content (AvgIpc) is 3.90. The number of aromatic nitrogens is 2. The van der Waals surface area contributed by atoms with Gasteiger partial charge in [-0.2, -0.15) is 0 Å². The van der Waals surface area contributed by atoms with E-state index in [0.29, 0.717) is 0 Å². The summed E-state index contributed by atoms with van der Waals surface area (Å²) in [5.74, 6) is 0. The lowest BCUT2D eigenvalue weighted by atomic mass is 9.34. The minimum Gasteiger partial charge on any atom is -0.310 e. The van der Waals surface area contributed by atoms with Crippen molar-refractivity contribution in [3.63, 3.8) is 0 Å². The Hall–Kier alpha value is -8.08. The van der Waals surface area contributed by atoms with Gasteiger partial charge in [0.05, 0.1) is 39.1 Å². The Morgan fingerprint density at radius 2 is 0.769 bits per heavy atom. The molecule has 0 N–H and O–H groups in total. The van der Waals surface area contributed by atoms with Crippen LogP contribution in [-0.2, 0) is 5.41 Å². The van der Waals surface area contributed by atoms with Gasteiger partial charge in [0.1, 0.15) is 0 Å². The van der Waals surface area contributed by atoms with Crippen LogP contribution in [0, 0.1) is 0 Å². The Morgan fingerprint density at radius 1 is 0.369 bits per heavy atom. The molecule has 0 saturated carbocycles. The minimum absolute atomic E-state index is 0.0146. The number of hydrogen-bond acceptors (Lipinski definition) is 1. The highest BCUT2D eigenvalue weighted by Crippen LogP contribution is 2.53. The van der Waals surface area contributed by atoms with Crippen molar-refractivity contribution in [2.45, 2.75) is 19.3 Å². The van der Waals surface area contributed by atoms with Crippen LogP contribution >= 0.6 is 0 Å². The number of para-hydroxylation sites is 2. The van der Waals surface area contributed by atoms with Gasteiger partial charge < -0.3 is 14.0 Å². The number of hydrogen-bond donors (Lipinski definition) is 0. The van der Waals surface area contributed by atoms with E-state index in [1.165, 1.54) is 137 Å². The lowest BCUT2D eigenvalue weighted by molar-refractivity contribution is 0.632. The quantitative estimate of drug-likeness (QED) is 0.150. The number of benzene rings is 11. The van der Waals surface area contributed by atoms with Crippen LogP contribution in [0.1, 0.15) is 25.0 Å². The molecule has 0 aliphatic carbocycles. The fraction of sp³-hybridized carbons (Fsp3) is 0.0492. The summed E-state index contributed by atoms with van der Waals surface area (Å²) < 4.78 is 5.32. The normalized spacial score (nSPS) is 14.4. The van der Waals surface area contributed by atoms with E-state index in [1.807, 2.05) is 0 Å². The molecular weight excluding hydrogens is 786 g/mol. The molecule has 5 heterocycles. The zero-order valence-corrected chi connectivity index (χ0v) is 35.9. The maximum absolute atomic E-state index is 2.66. The monoisotopic (exact) mass is 823 g/mol. The summed E-state index contributed by atoms with van der Waals surface area (Å²) in [7, 11) is 0. The van der Waals surface area contributed by atoms with Gasteiger partial charge in [-0.25, -0.2) is 0 Å². The molecule has 11 aromatic carbocycles. The van der Waals surface area contributed by atoms with E-state index in [9.17, 15) is 0 Å². The maximum atomic E-state index is 2.66. The lowest BCUT2D eigenvalue weighted by Crippen LogP contribution is -2.59. The van der Waals surface area contributed by atoms with Crippen molar-refractivity contribution in [2.75, 3.05) is 4.90 Å². The molecule has 0 saturated heterocycles. The lowest BCUT2D eigenvalue weighted by Gasteiger charge is -2.43. The molecule has 3 aliphatic rings. The molecule has 3 nitrogen and oxygen atoms in total. The van der Waals surface area contributed by atoms with Crippen molar-refractivity contribution < 1.29 is 0 Å². The number of nitrogens with zero attached hydrogens (tertiary/aromatic N) is 3. The average molecular weight is 824 g/mol. The van der Waals surface area contributed by atoms with E-state index in [4.69, 9.17) is 0 Å². The van der Waals surface area contributed by atoms with Gasteiger partial charge in [0.15, 0.2) is 0 Å². The van der Waals surface area contributed by atoms with Crippen LogP contribution in [0.5, 0.6) is 0 Å². The van der Waals surface area contributed by atoms with E-state index in [1.54, 1.807) is 0 Å². The highest BCUT2D eigenvalue weighted by molar-refractivity contribution is 7.00. The molecule has 2 aromatic heterocycles. The van der Waals surface area contributed by atoms with Crippen molar-refractivity contribution in [3.8, 4) is 11.4 Å². The summed E-state index contributed by atoms with van der Waals surface area (Å²) in [6.07, 6.45) is 0. The Kier molecular flexibility index (Phi) is 6.21. The summed E-state index contributed by atoms with van der Waals surface area (Å²) in [5.41, 5.74) is 17.8. The number of fused-ring (bicyclic) bond motifs is 20. The Balaban J connectivity index is 1.17. The second-order valence-corrected chi connectivity index (χ2v) is 19.2. The van der Waals surface area contributed by atoms with Gasteiger partial charge in [-0.15, -0.1) is 0 Å². The molecule has 0 amide bonds. The molecule has 3 aliphatic heterocycles. The van der Waals surface area contributed by atoms with Crippen LogP contribution in [-0.4, -0.2) is 15.8 Å². The predicted molar refractivity (Wildman–Crippen MR) is 277 cm³/mol. The molecule has 0 fully saturated rings. The Bertz CT molecular complexity index is 4080. The van der Waals surface area contributed by atoms with Gasteiger partial charge in [0.2, 0.25) is 0 Å². The first-order valence-electron chi connectivity index (χ1n) is 23.0. The Morgan fingerprint density at radius 3 is 1.25 bits per heavy atom. The summed E-state index contributed by atoms with van der Waals surface area (Å²) in [6.45, 7) is 4.75. The van der Waals surface area contributed by atoms with E-state index in [2.05, 4.69) is 222 Å². The second-order valence-electron chi connectivity index (χ2n) is 19.2. The van der Waals surface area contributed by atoms with Crippen molar-refractivity contribution in [1.82, 2.24) is 9.13 Å². The molecule has 0 radical (unpaired) electrons. The molecule has 16 rings (SSSR count). The smallest absolute Gasteiger partial charge is 0.252 e. The van der Waals surface area contributed by atoms with Crippen LogP contribution in [0.4, 0.5) is 17.1 Å². The van der Waals surface area contributed by atoms with Crippen LogP contribution < -0.4 is 21.3 Å². The minimum atomic E-state index is -0.176. The zero-order valence-electron chi connectivity index (χ0n) is 35.9. The molecule has 300 valence electrons. The molecular formula is C61H38BN3. The van der Waals surface area contributed by atoms with Gasteiger partial charge in [-0.1, -0.05) is 172 Å². The van der Waals surface area contributed by atoms with Gasteiger partial charge >= 0.3 is 0 Å². The van der Waals surface area contributed by atoms with Crippen molar-refractivity contribution in [3.05, 3.63) is 205 Å². The summed E-state index contributed by atoms with van der Waals surface area (Å²) in [4.78, 5) is 2.56. The van der Waals surface area contributed by atoms with Crippen LogP contribution in [0.2, 0.25) is 0 Å². The van der Waals surface area contributed by atoms with E-state index < -0.39 is 0 Å². The molecule has 0 unspecified atom stereocenters. The number of anilines is 3. The fourth-order valence-electron chi connectivity index (χ4n) is 13.1. The summed E-state index contributed by atoms with van der Waals surface area (Å²) in [5, 5.41) is 15.6. The first-order valence-corrected chi connectivity index (χ1v) is 23.0. The van der Waals surface area contributed by atoms with Crippen LogP contribution in [0.15, 0.2) is 194 Å². The van der Waals surface area contributed by atoms with Crippen molar-refractivity contribution in [2.24, 2.45) is 0 Å². The largest absolute Gasteiger partial charge is 0.310 e. The van der Waals surface area contributed by atoms with Crippen LogP contribution in [0.3, 0.4) is 0 Å². The first kappa shape index (κ1) is 34.4. The third kappa shape index (κ3) is 4.07. The summed E-state index contributed by atoms with van der Waals surface area (Å²) in [6, 6.07) is 73.9. The highest BCUT2D eigenvalue weighted by atomic mass is 15.2. The van der Waals surface area contributed by atoms with Gasteiger partial charge in [-0.05, 0) is 107 Å². The SMILES string of the molecule is CC1(C)c2ccccc2N(c2cc3c4c(c2)-n2c5ccc6ccccc6c5c5c6ccccc6cc(c52)B4c2cc4ccccc4c4c5c6ccccc6ccc5n-3c24)c2ccccc21. The third-order valence-electron chi connectivity index (χ3n) is 15.8. The van der Waals surface area contributed by atoms with Crippen molar-refractivity contribution >= 4 is 127 Å². The van der Waals surface area contributed by atoms with Gasteiger partial charge in [-0.3, -0.25) is 0 Å². The Labute approximate surface area is 375 Å². The molecule has 4 heteroatoms. The second kappa shape index (κ2) is 11.7. The molecule has 0 spiro atoms. The topological polar surface area (TPSA) is 13.1 Å². The maximum Gasteiger partial charge on any atom is 0.252 e. The third-order valence-corrected chi connectivity index (χ3v) is 15.8. The molecule has 65 heavy (non-hydrogen) atoms. The molecule has 0 atom stereocenters. The van der Waals surface area contributed by atoms with E-state index in [0.717, 1.165) is 5.69 Å². The highest BCUT2D eigenvalue weighted by Gasteiger charge is 2.44. The van der Waals surface area contributed by atoms with Gasteiger partial charge in [0.25, 0.3) is 6.71 Å². The fourth-order valence-corrected chi connectivity index (χ4v) is 13.1. The van der Waals surface area contributed by atoms with Gasteiger partial charge in [0, 0.05) is 38.3 Å². The van der Waals surface area contributed by atoms with Crippen LogP contribution in [0.25, 0.3) is 98.1 Å².